The first-order chi connectivity index (χ1) is 11.9. The summed E-state index contributed by atoms with van der Waals surface area (Å²) in [5.41, 5.74) is 6.28. The number of nitrogens with two attached hydrogens (primary N) is 1. The smallest absolute Gasteiger partial charge is 0.408 e. The molecule has 0 unspecified atom stereocenters. The molecule has 146 valence electrons. The van der Waals surface area contributed by atoms with Crippen LogP contribution in [0.1, 0.15) is 19.3 Å². The van der Waals surface area contributed by atoms with E-state index in [1.807, 2.05) is 0 Å². The number of oxazole rings is 1. The summed E-state index contributed by atoms with van der Waals surface area (Å²) in [5, 5.41) is 0. The monoisotopic (exact) mass is 405 g/mol. The molecule has 0 atom stereocenters. The van der Waals surface area contributed by atoms with Crippen LogP contribution in [-0.4, -0.2) is 49.6 Å². The van der Waals surface area contributed by atoms with Crippen molar-refractivity contribution < 1.29 is 17.6 Å². The van der Waals surface area contributed by atoms with E-state index in [9.17, 15) is 13.2 Å². The number of halogens is 1. The Balaban J connectivity index is 0.00000243. The molecule has 10 heteroatoms. The Morgan fingerprint density at radius 2 is 2.00 bits per heavy atom. The Hall–Kier alpha value is -1.39. The zero-order valence-electron chi connectivity index (χ0n) is 14.6. The van der Waals surface area contributed by atoms with E-state index in [0.29, 0.717) is 44.6 Å². The number of hydrogen-bond acceptors (Lipinski definition) is 6. The van der Waals surface area contributed by atoms with Crippen molar-refractivity contribution in [2.24, 2.45) is 12.8 Å². The fraction of sp³-hybridized carbons (Fsp3) is 0.562. The van der Waals surface area contributed by atoms with Crippen molar-refractivity contribution in [2.45, 2.75) is 30.3 Å². The van der Waals surface area contributed by atoms with Crippen LogP contribution in [0, 0.1) is 0 Å². The number of hydrogen-bond donors (Lipinski definition) is 1. The van der Waals surface area contributed by atoms with Gasteiger partial charge in [-0.2, -0.15) is 4.31 Å². The Bertz CT molecular complexity index is 900. The Morgan fingerprint density at radius 1 is 1.31 bits per heavy atom. The lowest BCUT2D eigenvalue weighted by atomic mass is 10.1. The van der Waals surface area contributed by atoms with Gasteiger partial charge in [0.05, 0.1) is 16.5 Å². The molecule has 0 radical (unpaired) electrons. The van der Waals surface area contributed by atoms with Crippen LogP contribution < -0.4 is 11.5 Å². The number of fused-ring (bicyclic) bond motifs is 1. The van der Waals surface area contributed by atoms with Gasteiger partial charge in [0.1, 0.15) is 0 Å². The molecule has 1 aromatic carbocycles. The second kappa shape index (κ2) is 8.53. The molecule has 1 aliphatic heterocycles. The summed E-state index contributed by atoms with van der Waals surface area (Å²) >= 11 is 0. The van der Waals surface area contributed by atoms with E-state index in [-0.39, 0.29) is 29.0 Å². The summed E-state index contributed by atoms with van der Waals surface area (Å²) in [6.45, 7) is 2.02. The minimum absolute atomic E-state index is 0. The van der Waals surface area contributed by atoms with Crippen LogP contribution in [0.4, 0.5) is 0 Å². The second-order valence-electron chi connectivity index (χ2n) is 6.17. The molecule has 2 heterocycles. The van der Waals surface area contributed by atoms with Gasteiger partial charge < -0.3 is 14.9 Å². The molecule has 3 rings (SSSR count). The van der Waals surface area contributed by atoms with Gasteiger partial charge >= 0.3 is 5.76 Å². The maximum absolute atomic E-state index is 12.8. The van der Waals surface area contributed by atoms with Crippen molar-refractivity contribution in [1.29, 1.82) is 0 Å². The molecule has 1 aliphatic rings. The average molecular weight is 406 g/mol. The zero-order chi connectivity index (χ0) is 18.0. The maximum atomic E-state index is 12.8. The molecule has 1 aromatic heterocycles. The van der Waals surface area contributed by atoms with E-state index in [2.05, 4.69) is 0 Å². The van der Waals surface area contributed by atoms with Crippen molar-refractivity contribution in [3.63, 3.8) is 0 Å². The predicted octanol–water partition coefficient (Wildman–Crippen LogP) is 1.07. The highest BCUT2D eigenvalue weighted by atomic mass is 35.5. The third kappa shape index (κ3) is 4.12. The Labute approximate surface area is 158 Å². The fourth-order valence-corrected chi connectivity index (χ4v) is 4.48. The van der Waals surface area contributed by atoms with Crippen molar-refractivity contribution in [3.05, 3.63) is 28.7 Å². The first kappa shape index (κ1) is 20.9. The molecule has 26 heavy (non-hydrogen) atoms. The minimum atomic E-state index is -3.62. The number of rotatable bonds is 6. The number of sulfonamides is 1. The van der Waals surface area contributed by atoms with E-state index >= 15 is 0 Å². The molecule has 0 aliphatic carbocycles. The van der Waals surface area contributed by atoms with E-state index in [4.69, 9.17) is 14.9 Å². The summed E-state index contributed by atoms with van der Waals surface area (Å²) in [5.74, 6) is -0.514. The molecule has 0 amide bonds. The van der Waals surface area contributed by atoms with Crippen molar-refractivity contribution >= 4 is 33.5 Å². The molecule has 1 saturated heterocycles. The van der Waals surface area contributed by atoms with Crippen molar-refractivity contribution in [1.82, 2.24) is 8.87 Å². The van der Waals surface area contributed by atoms with Crippen LogP contribution in [0.2, 0.25) is 0 Å². The number of aryl methyl sites for hydroxylation is 1. The molecule has 0 saturated carbocycles. The number of ether oxygens (including phenoxy) is 1. The van der Waals surface area contributed by atoms with Gasteiger partial charge in [0.15, 0.2) is 5.58 Å². The van der Waals surface area contributed by atoms with E-state index in [1.54, 1.807) is 13.1 Å². The van der Waals surface area contributed by atoms with Gasteiger partial charge in [-0.15, -0.1) is 12.4 Å². The lowest BCUT2D eigenvalue weighted by molar-refractivity contribution is 0.0209. The maximum Gasteiger partial charge on any atom is 0.419 e. The number of piperidine rings is 1. The van der Waals surface area contributed by atoms with Gasteiger partial charge in [0.25, 0.3) is 0 Å². The summed E-state index contributed by atoms with van der Waals surface area (Å²) in [4.78, 5) is 11.7. The highest BCUT2D eigenvalue weighted by Gasteiger charge is 2.30. The van der Waals surface area contributed by atoms with Gasteiger partial charge in [-0.25, -0.2) is 13.2 Å². The molecular formula is C16H24ClN3O5S. The Kier molecular flexibility index (Phi) is 6.86. The van der Waals surface area contributed by atoms with Gasteiger partial charge in [-0.1, -0.05) is 0 Å². The predicted molar refractivity (Wildman–Crippen MR) is 100 cm³/mol. The third-order valence-electron chi connectivity index (χ3n) is 4.50. The van der Waals surface area contributed by atoms with E-state index < -0.39 is 15.8 Å². The largest absolute Gasteiger partial charge is 0.419 e. The van der Waals surface area contributed by atoms with Crippen LogP contribution in [0.5, 0.6) is 0 Å². The highest BCUT2D eigenvalue weighted by Crippen LogP contribution is 2.24. The Morgan fingerprint density at radius 3 is 2.65 bits per heavy atom. The third-order valence-corrected chi connectivity index (χ3v) is 6.40. The van der Waals surface area contributed by atoms with Crippen LogP contribution in [0.3, 0.4) is 0 Å². The van der Waals surface area contributed by atoms with Gasteiger partial charge in [-0.3, -0.25) is 4.57 Å². The lowest BCUT2D eigenvalue weighted by Gasteiger charge is -2.31. The molecule has 2 aromatic rings. The van der Waals surface area contributed by atoms with E-state index in [1.165, 1.54) is 21.0 Å². The molecule has 1 fully saturated rings. The summed E-state index contributed by atoms with van der Waals surface area (Å²) in [6.07, 6.45) is 2.20. The van der Waals surface area contributed by atoms with Crippen LogP contribution in [0.25, 0.3) is 11.1 Å². The number of aromatic nitrogens is 1. The van der Waals surface area contributed by atoms with Crippen LogP contribution in [0.15, 0.2) is 32.3 Å². The highest BCUT2D eigenvalue weighted by molar-refractivity contribution is 7.89. The quantitative estimate of drug-likeness (QED) is 0.720. The lowest BCUT2D eigenvalue weighted by Crippen LogP contribution is -2.41. The van der Waals surface area contributed by atoms with Gasteiger partial charge in [0, 0.05) is 32.8 Å². The summed E-state index contributed by atoms with van der Waals surface area (Å²) in [6, 6.07) is 4.52. The van der Waals surface area contributed by atoms with Crippen molar-refractivity contribution in [2.75, 3.05) is 26.2 Å². The van der Waals surface area contributed by atoms with Crippen molar-refractivity contribution in [3.8, 4) is 0 Å². The standard InChI is InChI=1S/C16H23N3O5S.ClH/c1-18-14-4-3-13(11-15(14)24-16(18)20)25(21,22)19-8-5-12(6-9-19)23-10-2-7-17;/h3-4,11-12H,2,5-10,17H2,1H3;1H. The van der Waals surface area contributed by atoms with Crippen LogP contribution >= 0.6 is 12.4 Å². The SMILES string of the molecule is Cl.Cn1c(=O)oc2cc(S(=O)(=O)N3CCC(OCCCN)CC3)ccc21. The number of benzene rings is 1. The molecular weight excluding hydrogens is 382 g/mol. The topological polar surface area (TPSA) is 108 Å². The minimum Gasteiger partial charge on any atom is -0.408 e. The fourth-order valence-electron chi connectivity index (χ4n) is 3.00. The molecule has 8 nitrogen and oxygen atoms in total. The average Bonchev–Trinajstić information content (AvgIpc) is 2.89. The molecule has 2 N–H and O–H groups in total. The zero-order valence-corrected chi connectivity index (χ0v) is 16.2. The van der Waals surface area contributed by atoms with Gasteiger partial charge in [-0.05, 0) is 37.9 Å². The summed E-state index contributed by atoms with van der Waals surface area (Å²) in [7, 11) is -2.04. The normalized spacial score (nSPS) is 16.7. The molecule has 0 bridgehead atoms. The summed E-state index contributed by atoms with van der Waals surface area (Å²) < 4.78 is 39.3. The second-order valence-corrected chi connectivity index (χ2v) is 8.11. The first-order valence-corrected chi connectivity index (χ1v) is 9.79. The molecule has 0 spiro atoms. The van der Waals surface area contributed by atoms with Crippen LogP contribution in [-0.2, 0) is 21.8 Å². The van der Waals surface area contributed by atoms with E-state index in [0.717, 1.165) is 6.42 Å². The number of nitrogens with zero attached hydrogens (tertiary/aromatic N) is 2. The first-order valence-electron chi connectivity index (χ1n) is 8.35. The van der Waals surface area contributed by atoms with Gasteiger partial charge in [0.2, 0.25) is 10.0 Å².